The van der Waals surface area contributed by atoms with Crippen LogP contribution < -0.4 is 5.32 Å². The fourth-order valence-corrected chi connectivity index (χ4v) is 1.83. The van der Waals surface area contributed by atoms with Crippen LogP contribution >= 0.6 is 0 Å². The van der Waals surface area contributed by atoms with Gasteiger partial charge in [0.15, 0.2) is 0 Å². The minimum Gasteiger partial charge on any atom is -0.469 e. The third-order valence-corrected chi connectivity index (χ3v) is 3.04. The Balaban J connectivity index is 4.80. The Bertz CT molecular complexity index is 368. The Morgan fingerprint density at radius 3 is 2.10 bits per heavy atom. The van der Waals surface area contributed by atoms with E-state index in [2.05, 4.69) is 14.8 Å². The third-order valence-electron chi connectivity index (χ3n) is 3.04. The van der Waals surface area contributed by atoms with Crippen LogP contribution in [0.25, 0.3) is 0 Å². The summed E-state index contributed by atoms with van der Waals surface area (Å²) in [7, 11) is 2.43. The summed E-state index contributed by atoms with van der Waals surface area (Å²) >= 11 is 0. The van der Waals surface area contributed by atoms with Gasteiger partial charge in [-0.1, -0.05) is 20.8 Å². The Morgan fingerprint density at radius 2 is 1.67 bits per heavy atom. The maximum atomic E-state index is 11.9. The van der Waals surface area contributed by atoms with Crippen LogP contribution in [0, 0.1) is 11.8 Å². The summed E-state index contributed by atoms with van der Waals surface area (Å²) < 4.78 is 9.16. The van der Waals surface area contributed by atoms with Gasteiger partial charge >= 0.3 is 11.9 Å². The standard InChI is InChI=1S/C14H25NO6/c1-8(2)6-10(16)13(18)15-12(14(19)21-5)9(3)7-11(17)20-4/h8-10,12,16H,6-7H2,1-5H3,(H,15,18)/t9-,10-,12-/m0/s1. The van der Waals surface area contributed by atoms with Crippen LogP contribution in [-0.4, -0.2) is 49.3 Å². The molecule has 0 aromatic heterocycles. The van der Waals surface area contributed by atoms with E-state index in [4.69, 9.17) is 0 Å². The number of methoxy groups -OCH3 is 2. The van der Waals surface area contributed by atoms with Crippen LogP contribution in [0.5, 0.6) is 0 Å². The number of aliphatic hydroxyl groups is 1. The van der Waals surface area contributed by atoms with Crippen molar-refractivity contribution in [2.24, 2.45) is 11.8 Å². The number of esters is 2. The maximum Gasteiger partial charge on any atom is 0.328 e. The SMILES string of the molecule is COC(=O)C[C@H](C)[C@H](NC(=O)[C@@H](O)CC(C)C)C(=O)OC. The zero-order valence-corrected chi connectivity index (χ0v) is 13.2. The van der Waals surface area contributed by atoms with E-state index in [0.717, 1.165) is 0 Å². The average molecular weight is 303 g/mol. The monoisotopic (exact) mass is 303 g/mol. The number of carbonyl (C=O) groups excluding carboxylic acids is 3. The molecule has 21 heavy (non-hydrogen) atoms. The number of hydrogen-bond acceptors (Lipinski definition) is 6. The molecule has 0 fully saturated rings. The van der Waals surface area contributed by atoms with Crippen LogP contribution in [0.15, 0.2) is 0 Å². The smallest absolute Gasteiger partial charge is 0.328 e. The molecule has 2 N–H and O–H groups in total. The number of carbonyl (C=O) groups is 3. The fourth-order valence-electron chi connectivity index (χ4n) is 1.83. The first-order valence-electron chi connectivity index (χ1n) is 6.86. The third kappa shape index (κ3) is 7.08. The van der Waals surface area contributed by atoms with Gasteiger partial charge in [0.25, 0.3) is 0 Å². The summed E-state index contributed by atoms with van der Waals surface area (Å²) in [5.74, 6) is -2.20. The molecule has 0 heterocycles. The predicted molar refractivity (Wildman–Crippen MR) is 75.2 cm³/mol. The molecule has 0 radical (unpaired) electrons. The summed E-state index contributed by atoms with van der Waals surface area (Å²) in [4.78, 5) is 34.9. The van der Waals surface area contributed by atoms with Crippen molar-refractivity contribution < 1.29 is 29.0 Å². The number of hydrogen-bond donors (Lipinski definition) is 2. The quantitative estimate of drug-likeness (QED) is 0.623. The van der Waals surface area contributed by atoms with Crippen molar-refractivity contribution in [3.63, 3.8) is 0 Å². The molecule has 0 aromatic rings. The van der Waals surface area contributed by atoms with E-state index in [1.54, 1.807) is 6.92 Å². The Hall–Kier alpha value is -1.63. The number of nitrogens with one attached hydrogen (secondary N) is 1. The van der Waals surface area contributed by atoms with Gasteiger partial charge in [-0.25, -0.2) is 4.79 Å². The highest BCUT2D eigenvalue weighted by Crippen LogP contribution is 2.12. The molecule has 1 amide bonds. The van der Waals surface area contributed by atoms with Crippen LogP contribution in [0.1, 0.15) is 33.6 Å². The topological polar surface area (TPSA) is 102 Å². The van der Waals surface area contributed by atoms with Gasteiger partial charge in [-0.2, -0.15) is 0 Å². The second kappa shape index (κ2) is 9.33. The molecule has 0 spiro atoms. The van der Waals surface area contributed by atoms with E-state index in [1.165, 1.54) is 14.2 Å². The Labute approximate surface area is 125 Å². The van der Waals surface area contributed by atoms with Crippen molar-refractivity contribution in [2.75, 3.05) is 14.2 Å². The lowest BCUT2D eigenvalue weighted by Gasteiger charge is -2.23. The van der Waals surface area contributed by atoms with Gasteiger partial charge in [0.05, 0.1) is 20.6 Å². The molecule has 0 rings (SSSR count). The van der Waals surface area contributed by atoms with Crippen LogP contribution in [-0.2, 0) is 23.9 Å². The van der Waals surface area contributed by atoms with Gasteiger partial charge in [0.1, 0.15) is 12.1 Å². The second-order valence-corrected chi connectivity index (χ2v) is 5.41. The van der Waals surface area contributed by atoms with Gasteiger partial charge in [0.2, 0.25) is 5.91 Å². The van der Waals surface area contributed by atoms with Crippen molar-refractivity contribution in [3.8, 4) is 0 Å². The van der Waals surface area contributed by atoms with E-state index in [1.807, 2.05) is 13.8 Å². The van der Waals surface area contributed by atoms with E-state index >= 15 is 0 Å². The Morgan fingerprint density at radius 1 is 1.10 bits per heavy atom. The highest BCUT2D eigenvalue weighted by Gasteiger charge is 2.31. The largest absolute Gasteiger partial charge is 0.469 e. The van der Waals surface area contributed by atoms with E-state index in [0.29, 0.717) is 0 Å². The molecule has 0 aliphatic rings. The summed E-state index contributed by atoms with van der Waals surface area (Å²) in [5.41, 5.74) is 0. The van der Waals surface area contributed by atoms with E-state index in [9.17, 15) is 19.5 Å². The molecular formula is C14H25NO6. The summed E-state index contributed by atoms with van der Waals surface area (Å²) in [6.07, 6.45) is -0.968. The van der Waals surface area contributed by atoms with Crippen LogP contribution in [0.3, 0.4) is 0 Å². The van der Waals surface area contributed by atoms with Crippen molar-refractivity contribution >= 4 is 17.8 Å². The summed E-state index contributed by atoms with van der Waals surface area (Å²) in [6, 6.07) is -1.01. The molecule has 0 aliphatic heterocycles. The lowest BCUT2D eigenvalue weighted by atomic mass is 9.97. The average Bonchev–Trinajstić information content (AvgIpc) is 2.42. The van der Waals surface area contributed by atoms with Gasteiger partial charge < -0.3 is 19.9 Å². The molecule has 7 nitrogen and oxygen atoms in total. The van der Waals surface area contributed by atoms with Gasteiger partial charge in [-0.15, -0.1) is 0 Å². The molecule has 3 atom stereocenters. The minimum absolute atomic E-state index is 0.0448. The van der Waals surface area contributed by atoms with E-state index in [-0.39, 0.29) is 18.8 Å². The Kier molecular flexibility index (Phi) is 8.61. The zero-order valence-electron chi connectivity index (χ0n) is 13.2. The van der Waals surface area contributed by atoms with Crippen molar-refractivity contribution in [2.45, 2.75) is 45.8 Å². The molecule has 122 valence electrons. The maximum absolute atomic E-state index is 11.9. The lowest BCUT2D eigenvalue weighted by molar-refractivity contribution is -0.149. The first-order chi connectivity index (χ1) is 9.72. The first-order valence-corrected chi connectivity index (χ1v) is 6.86. The van der Waals surface area contributed by atoms with Gasteiger partial charge in [-0.3, -0.25) is 9.59 Å². The van der Waals surface area contributed by atoms with Crippen molar-refractivity contribution in [1.29, 1.82) is 0 Å². The highest BCUT2D eigenvalue weighted by molar-refractivity contribution is 5.87. The molecule has 0 aliphatic carbocycles. The highest BCUT2D eigenvalue weighted by atomic mass is 16.5. The first kappa shape index (κ1) is 19.4. The summed E-state index contributed by atoms with van der Waals surface area (Å²) in [5, 5.41) is 12.2. The number of aliphatic hydroxyl groups excluding tert-OH is 1. The molecule has 0 unspecified atom stereocenters. The molecule has 0 aromatic carbocycles. The summed E-state index contributed by atoms with van der Waals surface area (Å²) in [6.45, 7) is 5.36. The number of ether oxygens (including phenoxy) is 2. The molecule has 0 bridgehead atoms. The van der Waals surface area contributed by atoms with Crippen molar-refractivity contribution in [1.82, 2.24) is 5.32 Å². The number of amides is 1. The van der Waals surface area contributed by atoms with Crippen LogP contribution in [0.4, 0.5) is 0 Å². The van der Waals surface area contributed by atoms with Gasteiger partial charge in [-0.05, 0) is 18.3 Å². The zero-order chi connectivity index (χ0) is 16.6. The number of rotatable bonds is 8. The normalized spacial score (nSPS) is 15.0. The van der Waals surface area contributed by atoms with Gasteiger partial charge in [0, 0.05) is 0 Å². The second-order valence-electron chi connectivity index (χ2n) is 5.41. The van der Waals surface area contributed by atoms with Crippen molar-refractivity contribution in [3.05, 3.63) is 0 Å². The lowest BCUT2D eigenvalue weighted by Crippen LogP contribution is -2.49. The molecule has 7 heteroatoms. The predicted octanol–water partition coefficient (Wildman–Crippen LogP) is 0.250. The van der Waals surface area contributed by atoms with E-state index < -0.39 is 35.9 Å². The molecule has 0 saturated heterocycles. The molecule has 0 saturated carbocycles. The molecular weight excluding hydrogens is 278 g/mol. The fraction of sp³-hybridized carbons (Fsp3) is 0.786. The van der Waals surface area contributed by atoms with Crippen LogP contribution in [0.2, 0.25) is 0 Å². The minimum atomic E-state index is -1.21.